The Hall–Kier alpha value is -4.87. The number of H-pyrrole nitrogens is 1. The van der Waals surface area contributed by atoms with Crippen LogP contribution in [0.3, 0.4) is 0 Å². The normalized spacial score (nSPS) is 17.7. The molecule has 3 aromatic carbocycles. The standard InChI is InChI=1S/C43H54N7O7P/c1-28(2)46-42-47-40-39(41(51)48-42)45-27-49(40)38-25-36(57-58(55-24-12-23-44)50(29(3)4)30(5)6)37(56-38)26-54-43(31-13-10-9-11-14-31,32-15-19-34(52-7)20-16-32)33-17-21-35(53-8)22-18-33/h9-11,13-22,27-30,36-38H,12,24-26H2,1-8H3,(H2,46,47,48,51)/t36-,37-,38-,58?/m1/s1. The van der Waals surface area contributed by atoms with Crippen LogP contribution in [0.25, 0.3) is 11.2 Å². The van der Waals surface area contributed by atoms with E-state index in [0.717, 1.165) is 16.7 Å². The van der Waals surface area contributed by atoms with Crippen LogP contribution in [0.15, 0.2) is 90.0 Å². The number of aromatic amines is 1. The fourth-order valence-electron chi connectivity index (χ4n) is 7.30. The van der Waals surface area contributed by atoms with Crippen LogP contribution in [-0.4, -0.2) is 82.0 Å². The van der Waals surface area contributed by atoms with Crippen molar-refractivity contribution in [1.29, 1.82) is 5.26 Å². The highest BCUT2D eigenvalue weighted by Crippen LogP contribution is 2.51. The Labute approximate surface area is 341 Å². The highest BCUT2D eigenvalue weighted by atomic mass is 31.2. The summed E-state index contributed by atoms with van der Waals surface area (Å²) < 4.78 is 42.8. The van der Waals surface area contributed by atoms with E-state index in [1.807, 2.05) is 80.6 Å². The number of nitrogens with one attached hydrogen (secondary N) is 2. The molecule has 1 fully saturated rings. The minimum absolute atomic E-state index is 0.0328. The minimum Gasteiger partial charge on any atom is -0.497 e. The van der Waals surface area contributed by atoms with Crippen LogP contribution in [0.5, 0.6) is 11.5 Å². The Bertz CT molecular complexity index is 2120. The number of anilines is 1. The lowest BCUT2D eigenvalue weighted by molar-refractivity contribution is -0.0912. The third-order valence-corrected chi connectivity index (χ3v) is 12.0. The number of methoxy groups -OCH3 is 2. The van der Waals surface area contributed by atoms with Crippen LogP contribution in [0.4, 0.5) is 5.95 Å². The number of aromatic nitrogens is 4. The third-order valence-electron chi connectivity index (χ3n) is 9.87. The quantitative estimate of drug-likeness (QED) is 0.0473. The van der Waals surface area contributed by atoms with E-state index < -0.39 is 32.6 Å². The predicted octanol–water partition coefficient (Wildman–Crippen LogP) is 7.91. The molecule has 3 heterocycles. The van der Waals surface area contributed by atoms with Gasteiger partial charge in [0.25, 0.3) is 14.1 Å². The first-order valence-electron chi connectivity index (χ1n) is 19.6. The van der Waals surface area contributed by atoms with Gasteiger partial charge in [-0.15, -0.1) is 0 Å². The van der Waals surface area contributed by atoms with Crippen LogP contribution >= 0.6 is 8.53 Å². The monoisotopic (exact) mass is 811 g/mol. The number of rotatable bonds is 19. The zero-order valence-electron chi connectivity index (χ0n) is 34.4. The van der Waals surface area contributed by atoms with Crippen molar-refractivity contribution in [2.24, 2.45) is 0 Å². The van der Waals surface area contributed by atoms with Gasteiger partial charge in [0, 0.05) is 24.5 Å². The van der Waals surface area contributed by atoms with Gasteiger partial charge in [-0.3, -0.25) is 14.3 Å². The lowest BCUT2D eigenvalue weighted by Crippen LogP contribution is -2.39. The molecule has 0 amide bonds. The van der Waals surface area contributed by atoms with Gasteiger partial charge in [0.1, 0.15) is 29.4 Å². The van der Waals surface area contributed by atoms with Crippen molar-refractivity contribution >= 4 is 25.6 Å². The summed E-state index contributed by atoms with van der Waals surface area (Å²) in [5.41, 5.74) is 1.76. The molecule has 1 aliphatic rings. The van der Waals surface area contributed by atoms with Gasteiger partial charge in [0.15, 0.2) is 11.2 Å². The van der Waals surface area contributed by atoms with Gasteiger partial charge < -0.3 is 33.3 Å². The summed E-state index contributed by atoms with van der Waals surface area (Å²) in [5.74, 6) is 1.77. The molecule has 0 spiro atoms. The Balaban J connectivity index is 1.45. The molecule has 14 nitrogen and oxygen atoms in total. The number of nitriles is 1. The summed E-state index contributed by atoms with van der Waals surface area (Å²) >= 11 is 0. The van der Waals surface area contributed by atoms with Gasteiger partial charge in [0.05, 0.1) is 52.4 Å². The molecule has 1 saturated heterocycles. The number of ether oxygens (including phenoxy) is 4. The van der Waals surface area contributed by atoms with Crippen molar-refractivity contribution in [3.63, 3.8) is 0 Å². The molecule has 0 bridgehead atoms. The molecular weight excluding hydrogens is 757 g/mol. The number of benzene rings is 3. The molecule has 0 radical (unpaired) electrons. The maximum atomic E-state index is 13.2. The van der Waals surface area contributed by atoms with E-state index in [1.165, 1.54) is 0 Å². The molecule has 0 aliphatic carbocycles. The number of fused-ring (bicyclic) bond motifs is 1. The second-order valence-electron chi connectivity index (χ2n) is 14.9. The fourth-order valence-corrected chi connectivity index (χ4v) is 9.06. The van der Waals surface area contributed by atoms with E-state index in [1.54, 1.807) is 25.1 Å². The molecule has 1 aliphatic heterocycles. The lowest BCUT2D eigenvalue weighted by Gasteiger charge is -2.39. The Kier molecular flexibility index (Phi) is 14.2. The van der Waals surface area contributed by atoms with E-state index in [0.29, 0.717) is 29.5 Å². The molecule has 58 heavy (non-hydrogen) atoms. The van der Waals surface area contributed by atoms with Crippen molar-refractivity contribution in [3.8, 4) is 17.6 Å². The first-order chi connectivity index (χ1) is 28.0. The third kappa shape index (κ3) is 9.37. The first kappa shape index (κ1) is 42.7. The average Bonchev–Trinajstić information content (AvgIpc) is 3.82. The summed E-state index contributed by atoms with van der Waals surface area (Å²) in [6.45, 7) is 12.6. The lowest BCUT2D eigenvalue weighted by atomic mass is 9.80. The summed E-state index contributed by atoms with van der Waals surface area (Å²) in [6, 6.07) is 28.2. The Morgan fingerprint density at radius 2 is 1.55 bits per heavy atom. The summed E-state index contributed by atoms with van der Waals surface area (Å²) in [4.78, 5) is 25.1. The van der Waals surface area contributed by atoms with Gasteiger partial charge in [-0.2, -0.15) is 10.2 Å². The van der Waals surface area contributed by atoms with Crippen molar-refractivity contribution in [2.45, 2.75) is 96.5 Å². The van der Waals surface area contributed by atoms with Crippen molar-refractivity contribution in [1.82, 2.24) is 24.2 Å². The van der Waals surface area contributed by atoms with E-state index in [9.17, 15) is 10.1 Å². The maximum Gasteiger partial charge on any atom is 0.280 e. The van der Waals surface area contributed by atoms with Gasteiger partial charge in [-0.25, -0.2) is 9.65 Å². The second-order valence-corrected chi connectivity index (χ2v) is 16.3. The molecule has 2 aromatic heterocycles. The number of nitrogens with zero attached hydrogens (tertiary/aromatic N) is 5. The van der Waals surface area contributed by atoms with Gasteiger partial charge >= 0.3 is 0 Å². The number of imidazole rings is 1. The molecule has 4 atom stereocenters. The van der Waals surface area contributed by atoms with Crippen LogP contribution in [0.2, 0.25) is 0 Å². The van der Waals surface area contributed by atoms with Gasteiger partial charge in [0.2, 0.25) is 5.95 Å². The minimum atomic E-state index is -1.65. The van der Waals surface area contributed by atoms with Crippen LogP contribution in [0, 0.1) is 11.3 Å². The van der Waals surface area contributed by atoms with Crippen molar-refractivity contribution in [2.75, 3.05) is 32.8 Å². The molecule has 308 valence electrons. The SMILES string of the molecule is COc1ccc(C(OC[C@H]2O[C@@H](n3cnc4c(=O)[nH]c(NC(C)C)nc43)C[C@H]2OP(OCCC#N)N(C(C)C)C(C)C)(c2ccccc2)c2ccc(OC)cc2)cc1. The highest BCUT2D eigenvalue weighted by molar-refractivity contribution is 7.44. The van der Waals surface area contributed by atoms with Crippen LogP contribution in [-0.2, 0) is 24.1 Å². The van der Waals surface area contributed by atoms with Crippen LogP contribution in [0.1, 0.15) is 77.3 Å². The summed E-state index contributed by atoms with van der Waals surface area (Å²) in [7, 11) is 1.63. The molecule has 15 heteroatoms. The van der Waals surface area contributed by atoms with E-state index >= 15 is 0 Å². The van der Waals surface area contributed by atoms with E-state index in [-0.39, 0.29) is 48.8 Å². The zero-order chi connectivity index (χ0) is 41.4. The number of hydrogen-bond donors (Lipinski definition) is 2. The first-order valence-corrected chi connectivity index (χ1v) is 20.7. The van der Waals surface area contributed by atoms with E-state index in [2.05, 4.69) is 65.9 Å². The predicted molar refractivity (Wildman–Crippen MR) is 224 cm³/mol. The van der Waals surface area contributed by atoms with Gasteiger partial charge in [-0.05, 0) is 82.5 Å². The molecule has 6 rings (SSSR count). The van der Waals surface area contributed by atoms with E-state index in [4.69, 9.17) is 33.0 Å². The van der Waals surface area contributed by atoms with Gasteiger partial charge in [-0.1, -0.05) is 54.6 Å². The van der Waals surface area contributed by atoms with Crippen molar-refractivity contribution < 1.29 is 28.0 Å². The Morgan fingerprint density at radius 1 is 0.948 bits per heavy atom. The van der Waals surface area contributed by atoms with Crippen molar-refractivity contribution in [3.05, 3.63) is 112 Å². The summed E-state index contributed by atoms with van der Waals surface area (Å²) in [5, 5.41) is 12.6. The second kappa shape index (κ2) is 19.3. The van der Waals surface area contributed by atoms with Crippen LogP contribution < -0.4 is 20.3 Å². The largest absolute Gasteiger partial charge is 0.497 e. The molecule has 5 aromatic rings. The molecule has 0 saturated carbocycles. The smallest absolute Gasteiger partial charge is 0.280 e. The molecule has 1 unspecified atom stereocenters. The average molecular weight is 812 g/mol. The number of hydrogen-bond acceptors (Lipinski definition) is 12. The fraction of sp³-hybridized carbons (Fsp3) is 0.442. The maximum absolute atomic E-state index is 13.2. The zero-order valence-corrected chi connectivity index (χ0v) is 35.3. The highest BCUT2D eigenvalue weighted by Gasteiger charge is 2.45. The molecular formula is C43H54N7O7P. The topological polar surface area (TPSA) is 158 Å². The molecule has 2 N–H and O–H groups in total. The Morgan fingerprint density at radius 3 is 2.10 bits per heavy atom. The summed E-state index contributed by atoms with van der Waals surface area (Å²) in [6.07, 6.45) is 0.365.